The Morgan fingerprint density at radius 3 is 2.37 bits per heavy atom. The second-order valence-electron chi connectivity index (χ2n) is 9.94. The zero-order valence-electron chi connectivity index (χ0n) is 20.7. The summed E-state index contributed by atoms with van der Waals surface area (Å²) in [5, 5.41) is 35.7. The highest BCUT2D eigenvalue weighted by atomic mass is 32.1. The van der Waals surface area contributed by atoms with Crippen LogP contribution in [0.1, 0.15) is 43.8 Å². The molecule has 1 aromatic carbocycles. The van der Waals surface area contributed by atoms with Gasteiger partial charge in [-0.25, -0.2) is 9.50 Å². The van der Waals surface area contributed by atoms with Crippen LogP contribution < -0.4 is 4.90 Å². The summed E-state index contributed by atoms with van der Waals surface area (Å²) in [6.07, 6.45) is -1.59. The van der Waals surface area contributed by atoms with Gasteiger partial charge in [0.15, 0.2) is 11.9 Å². The van der Waals surface area contributed by atoms with Crippen molar-refractivity contribution in [3.05, 3.63) is 59.7 Å². The zero-order chi connectivity index (χ0) is 27.0. The van der Waals surface area contributed by atoms with Crippen molar-refractivity contribution < 1.29 is 28.5 Å². The highest BCUT2D eigenvalue weighted by Crippen LogP contribution is 2.43. The number of nitrogens with zero attached hydrogens (tertiary/aromatic N) is 4. The van der Waals surface area contributed by atoms with Crippen molar-refractivity contribution in [3.8, 4) is 21.7 Å². The van der Waals surface area contributed by atoms with Crippen molar-refractivity contribution in [1.82, 2.24) is 14.6 Å². The van der Waals surface area contributed by atoms with Crippen LogP contribution in [0, 0.1) is 11.8 Å². The molecule has 1 fully saturated rings. The normalized spacial score (nSPS) is 19.3. The minimum Gasteiger partial charge on any atom is -0.373 e. The van der Waals surface area contributed by atoms with E-state index in [9.17, 15) is 28.5 Å². The summed E-state index contributed by atoms with van der Waals surface area (Å²) in [5.74, 6) is 0.136. The number of aromatic nitrogens is 3. The SMILES string of the molecule is CC1CCC(C(O)N(CC(F)(F)F)c2cc(-c3ccc(-c4cc5ncccn5n4)cc3)sc2C(O)O)CC1. The third-order valence-electron chi connectivity index (χ3n) is 7.14. The van der Waals surface area contributed by atoms with E-state index in [2.05, 4.69) is 17.0 Å². The van der Waals surface area contributed by atoms with E-state index in [-0.39, 0.29) is 16.5 Å². The fourth-order valence-electron chi connectivity index (χ4n) is 5.08. The summed E-state index contributed by atoms with van der Waals surface area (Å²) in [7, 11) is 0. The summed E-state index contributed by atoms with van der Waals surface area (Å²) in [5.41, 5.74) is 2.93. The van der Waals surface area contributed by atoms with Crippen molar-refractivity contribution in [2.24, 2.45) is 11.8 Å². The average molecular weight is 547 g/mol. The molecule has 0 radical (unpaired) electrons. The predicted molar refractivity (Wildman–Crippen MR) is 139 cm³/mol. The van der Waals surface area contributed by atoms with Gasteiger partial charge >= 0.3 is 6.18 Å². The molecule has 7 nitrogen and oxygen atoms in total. The van der Waals surface area contributed by atoms with Gasteiger partial charge in [-0.05, 0) is 36.5 Å². The van der Waals surface area contributed by atoms with Crippen molar-refractivity contribution in [2.75, 3.05) is 11.4 Å². The summed E-state index contributed by atoms with van der Waals surface area (Å²) >= 11 is 0.995. The maximum atomic E-state index is 13.6. The maximum absolute atomic E-state index is 13.6. The largest absolute Gasteiger partial charge is 0.406 e. The molecule has 4 aromatic rings. The van der Waals surface area contributed by atoms with Crippen LogP contribution in [0.2, 0.25) is 0 Å². The van der Waals surface area contributed by atoms with E-state index in [0.29, 0.717) is 34.8 Å². The molecule has 1 aliphatic rings. The first kappa shape index (κ1) is 26.6. The first-order valence-electron chi connectivity index (χ1n) is 12.5. The lowest BCUT2D eigenvalue weighted by molar-refractivity contribution is -0.126. The molecule has 3 N–H and O–H groups in total. The molecule has 1 aliphatic carbocycles. The highest BCUT2D eigenvalue weighted by molar-refractivity contribution is 7.16. The van der Waals surface area contributed by atoms with Crippen LogP contribution in [0.4, 0.5) is 18.9 Å². The van der Waals surface area contributed by atoms with E-state index >= 15 is 0 Å². The third-order valence-corrected chi connectivity index (χ3v) is 8.35. The van der Waals surface area contributed by atoms with Gasteiger partial charge in [0, 0.05) is 34.8 Å². The van der Waals surface area contributed by atoms with Gasteiger partial charge in [-0.15, -0.1) is 11.3 Å². The quantitative estimate of drug-likeness (QED) is 0.261. The Kier molecular flexibility index (Phi) is 7.45. The highest BCUT2D eigenvalue weighted by Gasteiger charge is 2.39. The van der Waals surface area contributed by atoms with Crippen LogP contribution in [0.25, 0.3) is 27.3 Å². The van der Waals surface area contributed by atoms with E-state index in [1.807, 2.05) is 30.3 Å². The topological polar surface area (TPSA) is 94.1 Å². The summed E-state index contributed by atoms with van der Waals surface area (Å²) < 4.78 is 42.6. The summed E-state index contributed by atoms with van der Waals surface area (Å²) in [4.78, 5) is 5.67. The van der Waals surface area contributed by atoms with Crippen LogP contribution in [0.15, 0.2) is 54.9 Å². The molecule has 0 aliphatic heterocycles. The first-order chi connectivity index (χ1) is 18.1. The fourth-order valence-corrected chi connectivity index (χ4v) is 6.12. The van der Waals surface area contributed by atoms with Gasteiger partial charge in [0.25, 0.3) is 0 Å². The molecule has 0 amide bonds. The Bertz CT molecular complexity index is 1350. The van der Waals surface area contributed by atoms with E-state index < -0.39 is 25.2 Å². The number of alkyl halides is 3. The molecule has 0 spiro atoms. The van der Waals surface area contributed by atoms with E-state index in [1.54, 1.807) is 23.0 Å². The van der Waals surface area contributed by atoms with E-state index in [0.717, 1.165) is 40.3 Å². The molecule has 5 rings (SSSR count). The number of fused-ring (bicyclic) bond motifs is 1. The molecule has 3 aromatic heterocycles. The summed E-state index contributed by atoms with van der Waals surface area (Å²) in [6, 6.07) is 12.4. The van der Waals surface area contributed by atoms with Gasteiger partial charge < -0.3 is 20.2 Å². The van der Waals surface area contributed by atoms with Crippen molar-refractivity contribution in [2.45, 2.75) is 51.3 Å². The standard InChI is InChI=1S/C27H29F3N4O3S/c1-16-3-5-19(6-4-16)25(35)33(15-27(28,29)30)21-14-22(38-24(21)26(36)37)18-9-7-17(8-10-18)20-13-23-31-11-2-12-34(23)32-20/h2,7-14,16,19,25-26,35-37H,3-6,15H2,1H3. The second-order valence-corrected chi connectivity index (χ2v) is 11.0. The first-order valence-corrected chi connectivity index (χ1v) is 13.3. The third kappa shape index (κ3) is 5.70. The number of aliphatic hydroxyl groups is 3. The number of hydrogen-bond acceptors (Lipinski definition) is 7. The second kappa shape index (κ2) is 10.6. The van der Waals surface area contributed by atoms with Crippen molar-refractivity contribution in [1.29, 1.82) is 0 Å². The lowest BCUT2D eigenvalue weighted by Crippen LogP contribution is -2.47. The number of thiophene rings is 1. The number of benzene rings is 1. The van der Waals surface area contributed by atoms with Crippen LogP contribution in [0.3, 0.4) is 0 Å². The number of aliphatic hydroxyl groups excluding tert-OH is 2. The Balaban J connectivity index is 1.47. The number of rotatable bonds is 7. The molecule has 11 heteroatoms. The Morgan fingerprint density at radius 1 is 1.05 bits per heavy atom. The van der Waals surface area contributed by atoms with Crippen molar-refractivity contribution in [3.63, 3.8) is 0 Å². The Hall–Kier alpha value is -2.99. The van der Waals surface area contributed by atoms with Crippen LogP contribution in [0.5, 0.6) is 0 Å². The molecule has 1 unspecified atom stereocenters. The number of hydrogen-bond donors (Lipinski definition) is 3. The maximum Gasteiger partial charge on any atom is 0.406 e. The van der Waals surface area contributed by atoms with Crippen LogP contribution >= 0.6 is 11.3 Å². The minimum absolute atomic E-state index is 0.0149. The minimum atomic E-state index is -4.59. The molecule has 3 heterocycles. The lowest BCUT2D eigenvalue weighted by atomic mass is 9.81. The molecular weight excluding hydrogens is 517 g/mol. The molecule has 0 saturated heterocycles. The molecule has 1 atom stereocenters. The Morgan fingerprint density at radius 2 is 1.74 bits per heavy atom. The fraction of sp³-hybridized carbons (Fsp3) is 0.407. The monoisotopic (exact) mass is 546 g/mol. The zero-order valence-corrected chi connectivity index (χ0v) is 21.5. The number of anilines is 1. The molecule has 202 valence electrons. The average Bonchev–Trinajstić information content (AvgIpc) is 3.52. The molecule has 38 heavy (non-hydrogen) atoms. The molecule has 0 bridgehead atoms. The predicted octanol–water partition coefficient (Wildman–Crippen LogP) is 5.62. The van der Waals surface area contributed by atoms with Gasteiger partial charge in [-0.3, -0.25) is 0 Å². The lowest BCUT2D eigenvalue weighted by Gasteiger charge is -2.38. The van der Waals surface area contributed by atoms with Gasteiger partial charge in [0.1, 0.15) is 12.8 Å². The Labute approximate surface area is 221 Å². The van der Waals surface area contributed by atoms with Crippen LogP contribution in [-0.4, -0.2) is 48.9 Å². The molecular formula is C27H29F3N4O3S. The summed E-state index contributed by atoms with van der Waals surface area (Å²) in [6.45, 7) is 0.704. The van der Waals surface area contributed by atoms with Crippen LogP contribution in [-0.2, 0) is 0 Å². The molecule has 1 saturated carbocycles. The van der Waals surface area contributed by atoms with E-state index in [1.165, 1.54) is 6.07 Å². The number of halogens is 3. The van der Waals surface area contributed by atoms with Gasteiger partial charge in [-0.2, -0.15) is 18.3 Å². The van der Waals surface area contributed by atoms with Gasteiger partial charge in [0.2, 0.25) is 0 Å². The van der Waals surface area contributed by atoms with Crippen molar-refractivity contribution >= 4 is 22.7 Å². The van der Waals surface area contributed by atoms with Gasteiger partial charge in [-0.1, -0.05) is 44.0 Å². The van der Waals surface area contributed by atoms with Gasteiger partial charge in [0.05, 0.1) is 16.3 Å². The smallest absolute Gasteiger partial charge is 0.373 e. The van der Waals surface area contributed by atoms with E-state index in [4.69, 9.17) is 0 Å².